The van der Waals surface area contributed by atoms with Crippen molar-refractivity contribution in [1.29, 1.82) is 0 Å². The molecule has 0 aliphatic rings. The maximum atomic E-state index is 13.2. The number of carbonyl (C=O) groups excluding carboxylic acids is 1. The summed E-state index contributed by atoms with van der Waals surface area (Å²) in [6.07, 6.45) is 2.23. The highest BCUT2D eigenvalue weighted by atomic mass is 32.2. The minimum Gasteiger partial charge on any atom is -0.354 e. The van der Waals surface area contributed by atoms with Crippen LogP contribution >= 0.6 is 0 Å². The van der Waals surface area contributed by atoms with E-state index in [9.17, 15) is 17.6 Å². The fraction of sp³-hybridized carbons (Fsp3) is 0.160. The van der Waals surface area contributed by atoms with Gasteiger partial charge in [0.15, 0.2) is 9.84 Å². The monoisotopic (exact) mass is 450 g/mol. The standard InChI is InChI=1S/C25H23FN2O3S/c26-21-12-10-20(11-13-21)18-32(30,31)24-16-28(23-9-5-4-8-22(23)24)17-25(29)27-15-14-19-6-2-1-3-7-19/h1-13,16H,14-15,17-18H2,(H,27,29). The summed E-state index contributed by atoms with van der Waals surface area (Å²) >= 11 is 0. The molecular formula is C25H23FN2O3S. The molecule has 4 aromatic rings. The van der Waals surface area contributed by atoms with Gasteiger partial charge in [0, 0.05) is 23.6 Å². The molecule has 0 unspecified atom stereocenters. The highest BCUT2D eigenvalue weighted by Gasteiger charge is 2.22. The molecule has 164 valence electrons. The highest BCUT2D eigenvalue weighted by Crippen LogP contribution is 2.28. The zero-order valence-electron chi connectivity index (χ0n) is 17.4. The summed E-state index contributed by atoms with van der Waals surface area (Å²) in [5.74, 6) is -0.852. The van der Waals surface area contributed by atoms with Crippen LogP contribution in [0.1, 0.15) is 11.1 Å². The van der Waals surface area contributed by atoms with E-state index in [2.05, 4.69) is 5.32 Å². The van der Waals surface area contributed by atoms with E-state index in [1.165, 1.54) is 30.5 Å². The van der Waals surface area contributed by atoms with Gasteiger partial charge in [-0.2, -0.15) is 0 Å². The molecular weight excluding hydrogens is 427 g/mol. The number of fused-ring (bicyclic) bond motifs is 1. The highest BCUT2D eigenvalue weighted by molar-refractivity contribution is 7.90. The zero-order valence-corrected chi connectivity index (χ0v) is 18.2. The lowest BCUT2D eigenvalue weighted by Crippen LogP contribution is -2.29. The molecule has 0 fully saturated rings. The second-order valence-corrected chi connectivity index (χ2v) is 9.57. The molecule has 1 aromatic heterocycles. The van der Waals surface area contributed by atoms with Gasteiger partial charge in [-0.25, -0.2) is 12.8 Å². The second kappa shape index (κ2) is 9.36. The van der Waals surface area contributed by atoms with Crippen LogP contribution in [-0.4, -0.2) is 25.4 Å². The number of aromatic nitrogens is 1. The van der Waals surface area contributed by atoms with Crippen LogP contribution in [0, 0.1) is 5.82 Å². The SMILES string of the molecule is O=C(Cn1cc(S(=O)(=O)Cc2ccc(F)cc2)c2ccccc21)NCCc1ccccc1. The molecule has 1 N–H and O–H groups in total. The Morgan fingerprint density at radius 1 is 0.875 bits per heavy atom. The number of carbonyl (C=O) groups is 1. The van der Waals surface area contributed by atoms with Crippen molar-refractivity contribution in [3.05, 3.63) is 102 Å². The van der Waals surface area contributed by atoms with Gasteiger partial charge in [-0.1, -0.05) is 60.7 Å². The number of halogens is 1. The predicted molar refractivity (Wildman–Crippen MR) is 122 cm³/mol. The van der Waals surface area contributed by atoms with Crippen molar-refractivity contribution < 1.29 is 17.6 Å². The van der Waals surface area contributed by atoms with Gasteiger partial charge in [0.05, 0.1) is 10.6 Å². The molecule has 3 aromatic carbocycles. The average molecular weight is 451 g/mol. The maximum Gasteiger partial charge on any atom is 0.239 e. The van der Waals surface area contributed by atoms with Crippen LogP contribution in [0.5, 0.6) is 0 Å². The number of nitrogens with zero attached hydrogens (tertiary/aromatic N) is 1. The van der Waals surface area contributed by atoms with Gasteiger partial charge in [0.25, 0.3) is 0 Å². The summed E-state index contributed by atoms with van der Waals surface area (Å²) in [5, 5.41) is 3.45. The second-order valence-electron chi connectivity index (χ2n) is 7.61. The smallest absolute Gasteiger partial charge is 0.239 e. The molecule has 4 rings (SSSR count). The molecule has 1 amide bonds. The van der Waals surface area contributed by atoms with E-state index in [1.54, 1.807) is 22.8 Å². The van der Waals surface area contributed by atoms with Crippen LogP contribution in [0.25, 0.3) is 10.9 Å². The first kappa shape index (κ1) is 21.8. The number of benzene rings is 3. The van der Waals surface area contributed by atoms with Crippen LogP contribution < -0.4 is 5.32 Å². The lowest BCUT2D eigenvalue weighted by atomic mass is 10.1. The van der Waals surface area contributed by atoms with Crippen LogP contribution in [0.15, 0.2) is 90.0 Å². The van der Waals surface area contributed by atoms with Gasteiger partial charge in [0.1, 0.15) is 12.4 Å². The Labute approximate surface area is 186 Å². The Morgan fingerprint density at radius 2 is 1.56 bits per heavy atom. The largest absolute Gasteiger partial charge is 0.354 e. The van der Waals surface area contributed by atoms with Crippen LogP contribution in [-0.2, 0) is 33.4 Å². The number of nitrogens with one attached hydrogen (secondary N) is 1. The van der Waals surface area contributed by atoms with Crippen molar-refractivity contribution in [3.8, 4) is 0 Å². The number of sulfone groups is 1. The van der Waals surface area contributed by atoms with Crippen molar-refractivity contribution in [1.82, 2.24) is 9.88 Å². The van der Waals surface area contributed by atoms with E-state index in [4.69, 9.17) is 0 Å². The number of para-hydroxylation sites is 1. The van der Waals surface area contributed by atoms with E-state index in [1.807, 2.05) is 36.4 Å². The zero-order chi connectivity index (χ0) is 22.6. The minimum absolute atomic E-state index is 0.0152. The van der Waals surface area contributed by atoms with E-state index < -0.39 is 15.7 Å². The molecule has 0 atom stereocenters. The van der Waals surface area contributed by atoms with Gasteiger partial charge in [-0.15, -0.1) is 0 Å². The quantitative estimate of drug-likeness (QED) is 0.439. The topological polar surface area (TPSA) is 68.2 Å². The number of amides is 1. The lowest BCUT2D eigenvalue weighted by Gasteiger charge is -2.07. The van der Waals surface area contributed by atoms with Crippen molar-refractivity contribution in [2.75, 3.05) is 6.54 Å². The molecule has 0 aliphatic carbocycles. The third-order valence-electron chi connectivity index (χ3n) is 5.25. The van der Waals surface area contributed by atoms with Crippen molar-refractivity contribution in [3.63, 3.8) is 0 Å². The minimum atomic E-state index is -3.70. The summed E-state index contributed by atoms with van der Waals surface area (Å²) in [5.41, 5.74) is 2.30. The van der Waals surface area contributed by atoms with Crippen LogP contribution in [0.2, 0.25) is 0 Å². The van der Waals surface area contributed by atoms with Crippen LogP contribution in [0.3, 0.4) is 0 Å². The summed E-state index contributed by atoms with van der Waals surface area (Å²) in [4.78, 5) is 12.7. The first-order valence-corrected chi connectivity index (χ1v) is 11.9. The summed E-state index contributed by atoms with van der Waals surface area (Å²) in [6.45, 7) is 0.513. The van der Waals surface area contributed by atoms with Gasteiger partial charge >= 0.3 is 0 Å². The van der Waals surface area contributed by atoms with Gasteiger partial charge in [-0.3, -0.25) is 4.79 Å². The van der Waals surface area contributed by atoms with Gasteiger partial charge < -0.3 is 9.88 Å². The van der Waals surface area contributed by atoms with Crippen molar-refractivity contribution in [2.24, 2.45) is 0 Å². The van der Waals surface area contributed by atoms with Crippen molar-refractivity contribution in [2.45, 2.75) is 23.6 Å². The lowest BCUT2D eigenvalue weighted by molar-refractivity contribution is -0.121. The normalized spacial score (nSPS) is 11.5. The number of rotatable bonds is 8. The van der Waals surface area contributed by atoms with E-state index in [-0.39, 0.29) is 23.1 Å². The molecule has 1 heterocycles. The third kappa shape index (κ3) is 5.06. The summed E-state index contributed by atoms with van der Waals surface area (Å²) < 4.78 is 41.1. The van der Waals surface area contributed by atoms with Crippen molar-refractivity contribution >= 4 is 26.6 Å². The Balaban J connectivity index is 1.52. The first-order valence-electron chi connectivity index (χ1n) is 10.3. The molecule has 0 saturated carbocycles. The van der Waals surface area contributed by atoms with Crippen LogP contribution in [0.4, 0.5) is 4.39 Å². The Kier molecular flexibility index (Phi) is 6.37. The fourth-order valence-electron chi connectivity index (χ4n) is 3.67. The molecule has 5 nitrogen and oxygen atoms in total. The van der Waals surface area contributed by atoms with Gasteiger partial charge in [0.2, 0.25) is 5.91 Å². The predicted octanol–water partition coefficient (Wildman–Crippen LogP) is 4.11. The Hall–Kier alpha value is -3.45. The molecule has 0 aliphatic heterocycles. The van der Waals surface area contributed by atoms with E-state index in [0.717, 1.165) is 12.0 Å². The summed E-state index contributed by atoms with van der Waals surface area (Å²) in [6, 6.07) is 22.4. The average Bonchev–Trinajstić information content (AvgIpc) is 3.15. The Bertz CT molecular complexity index is 1330. The molecule has 0 spiro atoms. The molecule has 7 heteroatoms. The Morgan fingerprint density at radius 3 is 2.31 bits per heavy atom. The number of hydrogen-bond donors (Lipinski definition) is 1. The van der Waals surface area contributed by atoms with Gasteiger partial charge in [-0.05, 0) is 35.7 Å². The molecule has 0 bridgehead atoms. The number of hydrogen-bond acceptors (Lipinski definition) is 3. The first-order chi connectivity index (χ1) is 15.4. The third-order valence-corrected chi connectivity index (χ3v) is 6.96. The molecule has 32 heavy (non-hydrogen) atoms. The maximum absolute atomic E-state index is 13.2. The van der Waals surface area contributed by atoms with E-state index in [0.29, 0.717) is 23.0 Å². The summed E-state index contributed by atoms with van der Waals surface area (Å²) in [7, 11) is -3.70. The van der Waals surface area contributed by atoms with E-state index >= 15 is 0 Å². The fourth-order valence-corrected chi connectivity index (χ4v) is 5.25. The molecule has 0 saturated heterocycles. The molecule has 0 radical (unpaired) electrons.